The fourth-order valence-corrected chi connectivity index (χ4v) is 2.84. The molecule has 28 heavy (non-hydrogen) atoms. The summed E-state index contributed by atoms with van der Waals surface area (Å²) in [4.78, 5) is 20.7. The topological polar surface area (TPSA) is 103 Å². The smallest absolute Gasteiger partial charge is 0.234 e. The third-order valence-electron chi connectivity index (χ3n) is 4.29. The van der Waals surface area contributed by atoms with Gasteiger partial charge in [-0.05, 0) is 19.1 Å². The molecule has 1 atom stereocenters. The van der Waals surface area contributed by atoms with Crippen LogP contribution in [0.4, 0.5) is 0 Å². The van der Waals surface area contributed by atoms with Gasteiger partial charge in [-0.3, -0.25) is 9.69 Å². The molecule has 0 aliphatic carbocycles. The van der Waals surface area contributed by atoms with Gasteiger partial charge >= 0.3 is 0 Å². The molecule has 2 rings (SSSR count). The largest absolute Gasteiger partial charge is 0.467 e. The maximum atomic E-state index is 11.9. The lowest BCUT2D eigenvalue weighted by atomic mass is 10.3. The van der Waals surface area contributed by atoms with Crippen molar-refractivity contribution in [3.8, 4) is 0 Å². The van der Waals surface area contributed by atoms with Crippen molar-refractivity contribution in [1.29, 1.82) is 0 Å². The highest BCUT2D eigenvalue weighted by atomic mass is 127. The van der Waals surface area contributed by atoms with Gasteiger partial charge in [0.05, 0.1) is 26.0 Å². The SMILES string of the molecule is CCNC(=NCC(O)c1ccco1)N1CCN(CC(=O)NCCOC)CC1.I. The molecule has 0 bridgehead atoms. The number of methoxy groups -OCH3 is 1. The standard InChI is InChI=1S/C18H31N5O4.HI/c1-3-19-18(21-13-15(24)16-5-4-11-27-16)23-9-7-22(8-10-23)14-17(25)20-6-12-26-2;/h4-5,11,15,24H,3,6-10,12-14H2,1-2H3,(H,19,21)(H,20,25);1H. The van der Waals surface area contributed by atoms with Crippen LogP contribution in [0.15, 0.2) is 27.8 Å². The van der Waals surface area contributed by atoms with E-state index in [0.29, 0.717) is 25.5 Å². The predicted octanol–water partition coefficient (Wildman–Crippen LogP) is 0.277. The number of hydrogen-bond donors (Lipinski definition) is 3. The van der Waals surface area contributed by atoms with Gasteiger partial charge in [0.15, 0.2) is 5.96 Å². The number of guanidine groups is 1. The van der Waals surface area contributed by atoms with Crippen LogP contribution in [0.5, 0.6) is 0 Å². The number of aliphatic imine (C=N–C) groups is 1. The van der Waals surface area contributed by atoms with Crippen molar-refractivity contribution in [2.75, 3.05) is 66.1 Å². The molecule has 9 nitrogen and oxygen atoms in total. The van der Waals surface area contributed by atoms with Gasteiger partial charge in [-0.2, -0.15) is 0 Å². The number of piperazine rings is 1. The molecule has 0 radical (unpaired) electrons. The molecular formula is C18H32IN5O4. The Labute approximate surface area is 183 Å². The van der Waals surface area contributed by atoms with E-state index in [1.165, 1.54) is 6.26 Å². The molecule has 0 aromatic carbocycles. The second-order valence-corrected chi connectivity index (χ2v) is 6.33. The molecule has 1 aliphatic heterocycles. The Hall–Kier alpha value is -1.37. The zero-order valence-corrected chi connectivity index (χ0v) is 18.9. The molecule has 160 valence electrons. The summed E-state index contributed by atoms with van der Waals surface area (Å²) in [5.74, 6) is 1.30. The first-order chi connectivity index (χ1) is 13.1. The van der Waals surface area contributed by atoms with Crippen molar-refractivity contribution in [2.24, 2.45) is 4.99 Å². The van der Waals surface area contributed by atoms with E-state index in [-0.39, 0.29) is 36.4 Å². The van der Waals surface area contributed by atoms with Gasteiger partial charge < -0.3 is 29.8 Å². The molecule has 1 fully saturated rings. The van der Waals surface area contributed by atoms with Crippen LogP contribution < -0.4 is 10.6 Å². The molecular weight excluding hydrogens is 477 g/mol. The van der Waals surface area contributed by atoms with E-state index >= 15 is 0 Å². The van der Waals surface area contributed by atoms with Crippen LogP contribution in [0.25, 0.3) is 0 Å². The summed E-state index contributed by atoms with van der Waals surface area (Å²) in [6, 6.07) is 3.49. The molecule has 10 heteroatoms. The van der Waals surface area contributed by atoms with Gasteiger partial charge in [-0.25, -0.2) is 4.99 Å². The van der Waals surface area contributed by atoms with Crippen LogP contribution in [-0.2, 0) is 9.53 Å². The van der Waals surface area contributed by atoms with E-state index in [0.717, 1.165) is 38.7 Å². The van der Waals surface area contributed by atoms with Crippen molar-refractivity contribution < 1.29 is 19.1 Å². The lowest BCUT2D eigenvalue weighted by Gasteiger charge is -2.36. The van der Waals surface area contributed by atoms with Crippen molar-refractivity contribution >= 4 is 35.8 Å². The number of carbonyl (C=O) groups excluding carboxylic acids is 1. The summed E-state index contributed by atoms with van der Waals surface area (Å²) in [5, 5.41) is 16.3. The van der Waals surface area contributed by atoms with Crippen molar-refractivity contribution in [3.63, 3.8) is 0 Å². The quantitative estimate of drug-likeness (QED) is 0.190. The van der Waals surface area contributed by atoms with E-state index in [9.17, 15) is 9.90 Å². The summed E-state index contributed by atoms with van der Waals surface area (Å²) in [6.07, 6.45) is 0.781. The van der Waals surface area contributed by atoms with Crippen LogP contribution >= 0.6 is 24.0 Å². The van der Waals surface area contributed by atoms with Gasteiger partial charge in [0.1, 0.15) is 11.9 Å². The van der Waals surface area contributed by atoms with Gasteiger partial charge in [-0.15, -0.1) is 24.0 Å². The third kappa shape index (κ3) is 8.33. The maximum Gasteiger partial charge on any atom is 0.234 e. The molecule has 1 aliphatic rings. The van der Waals surface area contributed by atoms with Crippen LogP contribution in [0, 0.1) is 0 Å². The highest BCUT2D eigenvalue weighted by molar-refractivity contribution is 14.0. The maximum absolute atomic E-state index is 11.9. The molecule has 0 saturated carbocycles. The van der Waals surface area contributed by atoms with Gasteiger partial charge in [0, 0.05) is 46.4 Å². The number of amides is 1. The number of nitrogens with one attached hydrogen (secondary N) is 2. The first kappa shape index (κ1) is 24.7. The number of aliphatic hydroxyl groups excluding tert-OH is 1. The van der Waals surface area contributed by atoms with E-state index < -0.39 is 6.10 Å². The molecule has 1 aromatic heterocycles. The first-order valence-electron chi connectivity index (χ1n) is 9.36. The summed E-state index contributed by atoms with van der Waals surface area (Å²) < 4.78 is 10.1. The number of rotatable bonds is 9. The molecule has 1 saturated heterocycles. The molecule has 2 heterocycles. The monoisotopic (exact) mass is 509 g/mol. The van der Waals surface area contributed by atoms with Crippen molar-refractivity contribution in [3.05, 3.63) is 24.2 Å². The Morgan fingerprint density at radius 2 is 2.11 bits per heavy atom. The van der Waals surface area contributed by atoms with Gasteiger partial charge in [-0.1, -0.05) is 0 Å². The summed E-state index contributed by atoms with van der Waals surface area (Å²) in [5.41, 5.74) is 0. The minimum atomic E-state index is -0.759. The average Bonchev–Trinajstić information content (AvgIpc) is 3.21. The van der Waals surface area contributed by atoms with Crippen LogP contribution in [0.2, 0.25) is 0 Å². The number of hydrogen-bond acceptors (Lipinski definition) is 6. The third-order valence-corrected chi connectivity index (χ3v) is 4.29. The molecule has 1 unspecified atom stereocenters. The van der Waals surface area contributed by atoms with Crippen molar-refractivity contribution in [1.82, 2.24) is 20.4 Å². The van der Waals surface area contributed by atoms with Gasteiger partial charge in [0.2, 0.25) is 5.91 Å². The second-order valence-electron chi connectivity index (χ2n) is 6.33. The zero-order chi connectivity index (χ0) is 19.5. The lowest BCUT2D eigenvalue weighted by molar-refractivity contribution is -0.122. The molecule has 1 amide bonds. The average molecular weight is 509 g/mol. The summed E-state index contributed by atoms with van der Waals surface area (Å²) in [7, 11) is 1.61. The first-order valence-corrected chi connectivity index (χ1v) is 9.36. The molecule has 3 N–H and O–H groups in total. The summed E-state index contributed by atoms with van der Waals surface area (Å²) in [6.45, 7) is 7.54. The number of aliphatic hydroxyl groups is 1. The number of nitrogens with zero attached hydrogens (tertiary/aromatic N) is 3. The minimum absolute atomic E-state index is 0. The lowest BCUT2D eigenvalue weighted by Crippen LogP contribution is -2.54. The Kier molecular flexibility index (Phi) is 12.1. The minimum Gasteiger partial charge on any atom is -0.467 e. The predicted molar refractivity (Wildman–Crippen MR) is 118 cm³/mol. The van der Waals surface area contributed by atoms with Crippen LogP contribution in [0.3, 0.4) is 0 Å². The Balaban J connectivity index is 0.00000392. The Morgan fingerprint density at radius 3 is 2.71 bits per heavy atom. The zero-order valence-electron chi connectivity index (χ0n) is 16.6. The van der Waals surface area contributed by atoms with Gasteiger partial charge in [0.25, 0.3) is 0 Å². The number of furan rings is 1. The second kappa shape index (κ2) is 13.7. The van der Waals surface area contributed by atoms with E-state index in [4.69, 9.17) is 9.15 Å². The number of carbonyl (C=O) groups is 1. The van der Waals surface area contributed by atoms with E-state index in [1.807, 2.05) is 6.92 Å². The molecule has 0 spiro atoms. The highest BCUT2D eigenvalue weighted by Crippen LogP contribution is 2.13. The van der Waals surface area contributed by atoms with Crippen LogP contribution in [0.1, 0.15) is 18.8 Å². The highest BCUT2D eigenvalue weighted by Gasteiger charge is 2.21. The summed E-state index contributed by atoms with van der Waals surface area (Å²) >= 11 is 0. The number of halogens is 1. The number of ether oxygens (including phenoxy) is 1. The van der Waals surface area contributed by atoms with E-state index in [2.05, 4.69) is 25.4 Å². The van der Waals surface area contributed by atoms with Crippen LogP contribution in [-0.4, -0.2) is 92.8 Å². The Bertz CT molecular complexity index is 577. The van der Waals surface area contributed by atoms with Crippen molar-refractivity contribution in [2.45, 2.75) is 13.0 Å². The van der Waals surface area contributed by atoms with E-state index in [1.54, 1.807) is 19.2 Å². The molecule has 1 aromatic rings. The fraction of sp³-hybridized carbons (Fsp3) is 0.667. The Morgan fingerprint density at radius 1 is 1.36 bits per heavy atom. The normalized spacial score (nSPS) is 16.4. The fourth-order valence-electron chi connectivity index (χ4n) is 2.84.